The summed E-state index contributed by atoms with van der Waals surface area (Å²) in [5.74, 6) is -2.69. The van der Waals surface area contributed by atoms with Gasteiger partial charge in [0.2, 0.25) is 21.8 Å². The molecular formula is C28H37F2N3O4S. The minimum Gasteiger partial charge on any atom is -0.352 e. The molecule has 10 heteroatoms. The van der Waals surface area contributed by atoms with E-state index in [2.05, 4.69) is 5.32 Å². The lowest BCUT2D eigenvalue weighted by atomic mass is 10.0. The number of nitrogens with one attached hydrogen (secondary N) is 1. The summed E-state index contributed by atoms with van der Waals surface area (Å²) >= 11 is 0. The zero-order valence-corrected chi connectivity index (χ0v) is 23.1. The number of aryl methyl sites for hydroxylation is 1. The van der Waals surface area contributed by atoms with Gasteiger partial charge in [0.25, 0.3) is 0 Å². The van der Waals surface area contributed by atoms with Gasteiger partial charge in [0, 0.05) is 31.6 Å². The first kappa shape index (κ1) is 29.5. The van der Waals surface area contributed by atoms with Gasteiger partial charge in [0.05, 0.1) is 11.9 Å². The van der Waals surface area contributed by atoms with Crippen molar-refractivity contribution in [2.24, 2.45) is 0 Å². The first-order valence-electron chi connectivity index (χ1n) is 13.1. The number of amides is 2. The summed E-state index contributed by atoms with van der Waals surface area (Å²) < 4.78 is 52.9. The SMILES string of the molecule is CC[C@@H](C(=O)NC1CCCC1)N(Cc1ccccc1C)C(=O)CCCN(c1ccc(F)c(F)c1)S(C)(=O)=O. The van der Waals surface area contributed by atoms with E-state index in [1.165, 1.54) is 6.07 Å². The molecule has 1 N–H and O–H groups in total. The van der Waals surface area contributed by atoms with Gasteiger partial charge in [-0.3, -0.25) is 13.9 Å². The number of nitrogens with zero attached hydrogens (tertiary/aromatic N) is 2. The zero-order valence-electron chi connectivity index (χ0n) is 22.3. The summed E-state index contributed by atoms with van der Waals surface area (Å²) in [5, 5.41) is 3.10. The standard InChI is InChI=1S/C28H37F2N3O4S/c1-4-26(28(35)31-22-12-7-8-13-22)32(19-21-11-6-5-10-20(21)2)27(34)14-9-17-33(38(3,36)37)23-15-16-24(29)25(30)18-23/h5-6,10-11,15-16,18,22,26H,4,7-9,12-14,17,19H2,1-3H3,(H,31,35)/t26-/m0/s1. The number of rotatable bonds is 12. The van der Waals surface area contributed by atoms with Crippen molar-refractivity contribution >= 4 is 27.5 Å². The minimum absolute atomic E-state index is 0.0157. The van der Waals surface area contributed by atoms with Gasteiger partial charge < -0.3 is 10.2 Å². The predicted molar refractivity (Wildman–Crippen MR) is 144 cm³/mol. The maximum absolute atomic E-state index is 13.8. The van der Waals surface area contributed by atoms with Crippen LogP contribution in [0.5, 0.6) is 0 Å². The van der Waals surface area contributed by atoms with Crippen molar-refractivity contribution in [2.75, 3.05) is 17.1 Å². The molecule has 1 fully saturated rings. The zero-order chi connectivity index (χ0) is 27.9. The van der Waals surface area contributed by atoms with Gasteiger partial charge in [-0.15, -0.1) is 0 Å². The molecule has 1 saturated carbocycles. The van der Waals surface area contributed by atoms with Crippen molar-refractivity contribution in [3.63, 3.8) is 0 Å². The van der Waals surface area contributed by atoms with Crippen LogP contribution in [0.3, 0.4) is 0 Å². The fourth-order valence-corrected chi connectivity index (χ4v) is 5.86. The van der Waals surface area contributed by atoms with Crippen LogP contribution in [0.2, 0.25) is 0 Å². The molecule has 2 aromatic rings. The Bertz CT molecular complexity index is 1230. The number of hydrogen-bond donors (Lipinski definition) is 1. The summed E-state index contributed by atoms with van der Waals surface area (Å²) in [6.07, 6.45) is 5.52. The van der Waals surface area contributed by atoms with E-state index in [0.717, 1.165) is 59.5 Å². The van der Waals surface area contributed by atoms with Crippen molar-refractivity contribution in [2.45, 2.75) is 77.4 Å². The van der Waals surface area contributed by atoms with Crippen LogP contribution in [0.15, 0.2) is 42.5 Å². The highest BCUT2D eigenvalue weighted by Gasteiger charge is 2.31. The summed E-state index contributed by atoms with van der Waals surface area (Å²) in [5.41, 5.74) is 1.91. The number of carbonyl (C=O) groups excluding carboxylic acids is 2. The van der Waals surface area contributed by atoms with Crippen LogP contribution in [-0.2, 0) is 26.2 Å². The Labute approximate surface area is 224 Å². The van der Waals surface area contributed by atoms with Gasteiger partial charge in [0.15, 0.2) is 11.6 Å². The Morgan fingerprint density at radius 3 is 2.37 bits per heavy atom. The van der Waals surface area contributed by atoms with E-state index in [1.807, 2.05) is 38.1 Å². The third-order valence-corrected chi connectivity index (χ3v) is 8.23. The van der Waals surface area contributed by atoms with Gasteiger partial charge in [-0.05, 0) is 55.9 Å². The van der Waals surface area contributed by atoms with Crippen LogP contribution in [0.1, 0.15) is 63.0 Å². The van der Waals surface area contributed by atoms with Crippen LogP contribution in [-0.4, -0.2) is 50.0 Å². The lowest BCUT2D eigenvalue weighted by Crippen LogP contribution is -2.51. The third kappa shape index (κ3) is 7.75. The van der Waals surface area contributed by atoms with E-state index in [9.17, 15) is 26.8 Å². The molecule has 1 atom stereocenters. The fourth-order valence-electron chi connectivity index (χ4n) is 4.90. The number of anilines is 1. The lowest BCUT2D eigenvalue weighted by Gasteiger charge is -2.32. The molecule has 1 aliphatic carbocycles. The highest BCUT2D eigenvalue weighted by Crippen LogP contribution is 2.23. The van der Waals surface area contributed by atoms with E-state index in [-0.39, 0.29) is 49.5 Å². The van der Waals surface area contributed by atoms with E-state index in [0.29, 0.717) is 6.42 Å². The van der Waals surface area contributed by atoms with Gasteiger partial charge in [-0.2, -0.15) is 0 Å². The minimum atomic E-state index is -3.81. The van der Waals surface area contributed by atoms with Crippen LogP contribution < -0.4 is 9.62 Å². The van der Waals surface area contributed by atoms with Crippen molar-refractivity contribution in [3.05, 3.63) is 65.2 Å². The monoisotopic (exact) mass is 549 g/mol. The molecule has 0 bridgehead atoms. The number of carbonyl (C=O) groups is 2. The molecule has 1 aliphatic rings. The summed E-state index contributed by atoms with van der Waals surface area (Å²) in [6, 6.07) is 9.99. The topological polar surface area (TPSA) is 86.8 Å². The molecule has 38 heavy (non-hydrogen) atoms. The van der Waals surface area contributed by atoms with Crippen LogP contribution in [0.4, 0.5) is 14.5 Å². The summed E-state index contributed by atoms with van der Waals surface area (Å²) in [7, 11) is -3.81. The maximum Gasteiger partial charge on any atom is 0.243 e. The molecule has 0 radical (unpaired) electrons. The summed E-state index contributed by atoms with van der Waals surface area (Å²) in [4.78, 5) is 28.4. The highest BCUT2D eigenvalue weighted by atomic mass is 32.2. The second kappa shape index (κ2) is 13.2. The predicted octanol–water partition coefficient (Wildman–Crippen LogP) is 4.69. The van der Waals surface area contributed by atoms with Crippen LogP contribution >= 0.6 is 0 Å². The molecule has 7 nitrogen and oxygen atoms in total. The molecule has 0 aliphatic heterocycles. The Morgan fingerprint density at radius 1 is 1.08 bits per heavy atom. The summed E-state index contributed by atoms with van der Waals surface area (Å²) in [6.45, 7) is 3.97. The van der Waals surface area contributed by atoms with Crippen LogP contribution in [0, 0.1) is 18.6 Å². The first-order chi connectivity index (χ1) is 18.0. The quantitative estimate of drug-likeness (QED) is 0.416. The van der Waals surface area contributed by atoms with Crippen molar-refractivity contribution in [1.29, 1.82) is 0 Å². The number of benzene rings is 2. The second-order valence-electron chi connectivity index (χ2n) is 9.90. The molecule has 0 unspecified atom stereocenters. The molecule has 2 aromatic carbocycles. The fraction of sp³-hybridized carbons (Fsp3) is 0.500. The smallest absolute Gasteiger partial charge is 0.243 e. The third-order valence-electron chi connectivity index (χ3n) is 7.03. The first-order valence-corrected chi connectivity index (χ1v) is 14.9. The van der Waals surface area contributed by atoms with Crippen LogP contribution in [0.25, 0.3) is 0 Å². The Kier molecular flexibility index (Phi) is 10.2. The lowest BCUT2D eigenvalue weighted by molar-refractivity contribution is -0.141. The Hall–Kier alpha value is -3.01. The maximum atomic E-state index is 13.8. The number of hydrogen-bond acceptors (Lipinski definition) is 4. The number of halogens is 2. The Morgan fingerprint density at radius 2 is 1.76 bits per heavy atom. The van der Waals surface area contributed by atoms with E-state index < -0.39 is 27.7 Å². The molecule has 0 heterocycles. The van der Waals surface area contributed by atoms with E-state index >= 15 is 0 Å². The molecule has 0 saturated heterocycles. The van der Waals surface area contributed by atoms with Gasteiger partial charge >= 0.3 is 0 Å². The van der Waals surface area contributed by atoms with Crippen molar-refractivity contribution in [3.8, 4) is 0 Å². The second-order valence-corrected chi connectivity index (χ2v) is 11.8. The van der Waals surface area contributed by atoms with Gasteiger partial charge in [-0.1, -0.05) is 44.0 Å². The molecule has 0 spiro atoms. The average Bonchev–Trinajstić information content (AvgIpc) is 3.37. The van der Waals surface area contributed by atoms with Crippen molar-refractivity contribution < 1.29 is 26.8 Å². The largest absolute Gasteiger partial charge is 0.352 e. The molecular weight excluding hydrogens is 512 g/mol. The van der Waals surface area contributed by atoms with Gasteiger partial charge in [-0.25, -0.2) is 17.2 Å². The van der Waals surface area contributed by atoms with Gasteiger partial charge in [0.1, 0.15) is 6.04 Å². The average molecular weight is 550 g/mol. The molecule has 3 rings (SSSR count). The molecule has 0 aromatic heterocycles. The van der Waals surface area contributed by atoms with Crippen molar-refractivity contribution in [1.82, 2.24) is 10.2 Å². The highest BCUT2D eigenvalue weighted by molar-refractivity contribution is 7.92. The number of sulfonamides is 1. The van der Waals surface area contributed by atoms with E-state index in [1.54, 1.807) is 4.90 Å². The Balaban J connectivity index is 1.77. The van der Waals surface area contributed by atoms with E-state index in [4.69, 9.17) is 0 Å². The normalized spacial score (nSPS) is 14.8. The molecule has 208 valence electrons. The molecule has 2 amide bonds.